The maximum atomic E-state index is 9.66. The molecule has 316 valence electrons. The topological polar surface area (TPSA) is 48.8 Å². The lowest BCUT2D eigenvalue weighted by atomic mass is 9.86. The lowest BCUT2D eigenvalue weighted by Gasteiger charge is -2.26. The van der Waals surface area contributed by atoms with Crippen LogP contribution in [0.15, 0.2) is 255 Å². The average molecular weight is 856 g/mol. The van der Waals surface area contributed by atoms with Gasteiger partial charge in [0.2, 0.25) is 0 Å². The van der Waals surface area contributed by atoms with Crippen molar-refractivity contribution in [3.63, 3.8) is 0 Å². The summed E-state index contributed by atoms with van der Waals surface area (Å²) in [5, 5.41) is 13.5. The first-order chi connectivity index (χ1) is 33.1. The third kappa shape index (κ3) is 8.58. The van der Waals surface area contributed by atoms with Gasteiger partial charge < -0.3 is 5.32 Å². The molecule has 0 aliphatic carbocycles. The Balaban J connectivity index is 1.02. The Labute approximate surface area is 392 Å². The van der Waals surface area contributed by atoms with Gasteiger partial charge in [0.05, 0.1) is 22.8 Å². The highest BCUT2D eigenvalue weighted by atomic mass is 14.9. The van der Waals surface area contributed by atoms with E-state index < -0.39 is 0 Å². The first-order valence-electron chi connectivity index (χ1n) is 22.7. The first-order valence-corrected chi connectivity index (χ1v) is 22.7. The van der Waals surface area contributed by atoms with Crippen molar-refractivity contribution >= 4 is 28.8 Å². The molecule has 2 heterocycles. The van der Waals surface area contributed by atoms with Crippen molar-refractivity contribution in [2.75, 3.05) is 0 Å². The van der Waals surface area contributed by atoms with Crippen LogP contribution < -0.4 is 5.32 Å². The van der Waals surface area contributed by atoms with Crippen LogP contribution >= 0.6 is 0 Å². The second-order valence-electron chi connectivity index (χ2n) is 16.8. The number of hydrogen-bond acceptors (Lipinski definition) is 3. The largest absolute Gasteiger partial charge is 0.354 e. The van der Waals surface area contributed by atoms with Gasteiger partial charge in [-0.25, -0.2) is 4.98 Å². The maximum absolute atomic E-state index is 9.66. The summed E-state index contributed by atoms with van der Waals surface area (Å²) >= 11 is 0. The van der Waals surface area contributed by atoms with Gasteiger partial charge in [-0.2, -0.15) is 0 Å². The number of benzene rings is 9. The summed E-state index contributed by atoms with van der Waals surface area (Å²) in [6.45, 7) is 0. The summed E-state index contributed by atoms with van der Waals surface area (Å²) < 4.78 is 0. The van der Waals surface area contributed by atoms with Gasteiger partial charge in [0.1, 0.15) is 0 Å². The van der Waals surface area contributed by atoms with E-state index in [2.05, 4.69) is 212 Å². The zero-order valence-corrected chi connectivity index (χ0v) is 36.8. The number of pyridine rings is 1. The molecule has 0 atom stereocenters. The number of hydrogen-bond donors (Lipinski definition) is 2. The Bertz CT molecular complexity index is 3330. The van der Waals surface area contributed by atoms with Crippen molar-refractivity contribution in [3.05, 3.63) is 283 Å². The molecule has 9 aromatic carbocycles. The average Bonchev–Trinajstić information content (AvgIpc) is 3.42. The zero-order valence-electron chi connectivity index (χ0n) is 36.8. The Morgan fingerprint density at radius 3 is 1.27 bits per heavy atom. The summed E-state index contributed by atoms with van der Waals surface area (Å²) in [4.78, 5) is 5.31. The lowest BCUT2D eigenvalue weighted by Crippen LogP contribution is -2.20. The fraction of sp³-hybridized carbons (Fsp3) is 0. The van der Waals surface area contributed by atoms with Crippen LogP contribution in [-0.4, -0.2) is 10.7 Å². The van der Waals surface area contributed by atoms with E-state index in [1.807, 2.05) is 54.6 Å². The van der Waals surface area contributed by atoms with Crippen LogP contribution in [0.3, 0.4) is 0 Å². The van der Waals surface area contributed by atoms with Gasteiger partial charge in [-0.15, -0.1) is 0 Å². The predicted molar refractivity (Wildman–Crippen MR) is 281 cm³/mol. The minimum absolute atomic E-state index is 0.460. The van der Waals surface area contributed by atoms with Gasteiger partial charge in [0.25, 0.3) is 0 Å². The molecule has 3 nitrogen and oxygen atoms in total. The van der Waals surface area contributed by atoms with Crippen molar-refractivity contribution < 1.29 is 0 Å². The molecular formula is C64H45N3. The van der Waals surface area contributed by atoms with Crippen LogP contribution in [0.2, 0.25) is 0 Å². The molecule has 0 fully saturated rings. The number of aromatic nitrogens is 1. The number of nitrogens with one attached hydrogen (secondary N) is 2. The van der Waals surface area contributed by atoms with E-state index in [0.717, 1.165) is 89.6 Å². The maximum Gasteiger partial charge on any atom is 0.0715 e. The van der Waals surface area contributed by atoms with Crippen molar-refractivity contribution in [2.45, 2.75) is 0 Å². The summed E-state index contributed by atoms with van der Waals surface area (Å²) in [6.07, 6.45) is 2.24. The van der Waals surface area contributed by atoms with Crippen LogP contribution in [0.25, 0.3) is 90.1 Å². The highest BCUT2D eigenvalue weighted by Gasteiger charge is 2.24. The molecule has 11 rings (SSSR count). The lowest BCUT2D eigenvalue weighted by molar-refractivity contribution is 1.22. The molecule has 0 bridgehead atoms. The Kier molecular flexibility index (Phi) is 11.1. The van der Waals surface area contributed by atoms with E-state index in [9.17, 15) is 5.41 Å². The molecule has 0 unspecified atom stereocenters. The smallest absolute Gasteiger partial charge is 0.0715 e. The quantitative estimate of drug-likeness (QED) is 0.135. The number of allylic oxidation sites excluding steroid dienone is 1. The van der Waals surface area contributed by atoms with Crippen LogP contribution in [-0.2, 0) is 0 Å². The fourth-order valence-corrected chi connectivity index (χ4v) is 9.02. The second-order valence-corrected chi connectivity index (χ2v) is 16.8. The van der Waals surface area contributed by atoms with Crippen LogP contribution in [0, 0.1) is 5.41 Å². The highest BCUT2D eigenvalue weighted by molar-refractivity contribution is 6.36. The molecule has 2 N–H and O–H groups in total. The van der Waals surface area contributed by atoms with Gasteiger partial charge in [0.15, 0.2) is 0 Å². The van der Waals surface area contributed by atoms with Crippen LogP contribution in [0.4, 0.5) is 0 Å². The molecule has 1 aliphatic heterocycles. The van der Waals surface area contributed by atoms with E-state index >= 15 is 0 Å². The molecule has 0 saturated carbocycles. The molecule has 1 aromatic heterocycles. The minimum Gasteiger partial charge on any atom is -0.354 e. The predicted octanol–water partition coefficient (Wildman–Crippen LogP) is 16.1. The van der Waals surface area contributed by atoms with E-state index in [4.69, 9.17) is 4.98 Å². The standard InChI is InChI=1S/C64H45N3/c65-63(52-25-14-5-15-26-52)62(51-23-12-4-13-24-51)64-58-38-37-55(40-57(58)43-61(67-64)48-21-10-3-11-22-48)53-27-16-28-54(39-53)56-41-59(49-33-29-46(30-34-49)44-17-6-1-7-18-44)66-60(42-56)50-35-31-47(32-36-50)45-19-8-2-9-20-45/h1-43,65,67H/b64-62-,65-63?. The minimum atomic E-state index is 0.460. The Morgan fingerprint density at radius 1 is 0.328 bits per heavy atom. The third-order valence-corrected chi connectivity index (χ3v) is 12.5. The normalized spacial score (nSPS) is 12.6. The van der Waals surface area contributed by atoms with Crippen molar-refractivity contribution in [1.82, 2.24) is 10.3 Å². The van der Waals surface area contributed by atoms with Crippen molar-refractivity contribution in [3.8, 4) is 67.0 Å². The molecule has 0 amide bonds. The number of nitrogens with zero attached hydrogens (tertiary/aromatic N) is 1. The van der Waals surface area contributed by atoms with E-state index in [0.29, 0.717) is 5.71 Å². The highest BCUT2D eigenvalue weighted by Crippen LogP contribution is 2.39. The summed E-state index contributed by atoms with van der Waals surface area (Å²) in [5.74, 6) is 0. The van der Waals surface area contributed by atoms with Crippen molar-refractivity contribution in [2.24, 2.45) is 0 Å². The molecule has 0 saturated heterocycles. The zero-order chi connectivity index (χ0) is 44.9. The fourth-order valence-electron chi connectivity index (χ4n) is 9.02. The van der Waals surface area contributed by atoms with Crippen LogP contribution in [0.1, 0.15) is 27.8 Å². The monoisotopic (exact) mass is 855 g/mol. The summed E-state index contributed by atoms with van der Waals surface area (Å²) in [6, 6.07) is 89.2. The van der Waals surface area contributed by atoms with Gasteiger partial charge in [-0.05, 0) is 91.5 Å². The first kappa shape index (κ1) is 40.8. The van der Waals surface area contributed by atoms with Crippen molar-refractivity contribution in [1.29, 1.82) is 5.41 Å². The van der Waals surface area contributed by atoms with Gasteiger partial charge in [0, 0.05) is 33.5 Å². The number of fused-ring (bicyclic) bond motifs is 1. The Morgan fingerprint density at radius 2 is 0.731 bits per heavy atom. The van der Waals surface area contributed by atoms with Crippen LogP contribution in [0.5, 0.6) is 0 Å². The Hall–Kier alpha value is -8.92. The molecule has 0 spiro atoms. The molecule has 67 heavy (non-hydrogen) atoms. The summed E-state index contributed by atoms with van der Waals surface area (Å²) in [5.41, 5.74) is 21.3. The summed E-state index contributed by atoms with van der Waals surface area (Å²) in [7, 11) is 0. The SMILES string of the molecule is N=C(/C(=C1\NC(c2ccccc2)=Cc2cc(-c3cccc(-c4cc(-c5ccc(-c6ccccc6)cc5)nc(-c5ccc(-c6ccccc6)cc5)c4)c3)ccc21)c1ccccc1)c1ccccc1. The second kappa shape index (κ2) is 18.3. The molecule has 10 aromatic rings. The van der Waals surface area contributed by atoms with E-state index in [1.54, 1.807) is 0 Å². The van der Waals surface area contributed by atoms with Gasteiger partial charge in [-0.3, -0.25) is 5.41 Å². The molecule has 0 radical (unpaired) electrons. The van der Waals surface area contributed by atoms with E-state index in [-0.39, 0.29) is 0 Å². The van der Waals surface area contributed by atoms with E-state index in [1.165, 1.54) is 22.3 Å². The molecular weight excluding hydrogens is 811 g/mol. The number of rotatable bonds is 10. The van der Waals surface area contributed by atoms with Gasteiger partial charge in [-0.1, -0.05) is 231 Å². The van der Waals surface area contributed by atoms with Gasteiger partial charge >= 0.3 is 0 Å². The molecule has 1 aliphatic rings. The molecule has 3 heteroatoms. The third-order valence-electron chi connectivity index (χ3n) is 12.5.